The van der Waals surface area contributed by atoms with Crippen LogP contribution in [-0.2, 0) is 6.42 Å². The normalized spacial score (nSPS) is 10.1. The number of unbranched alkanes of at least 4 members (excludes halogenated alkanes) is 2. The Balaban J connectivity index is 2.55. The van der Waals surface area contributed by atoms with Gasteiger partial charge in [0, 0.05) is 0 Å². The number of benzene rings is 1. The molecule has 77 valence electrons. The van der Waals surface area contributed by atoms with Crippen molar-refractivity contribution in [2.24, 2.45) is 0 Å². The molecule has 14 heavy (non-hydrogen) atoms. The number of ether oxygens (including phenoxy) is 1. The van der Waals surface area contributed by atoms with E-state index < -0.39 is 0 Å². The van der Waals surface area contributed by atoms with Crippen molar-refractivity contribution in [3.63, 3.8) is 0 Å². The molecule has 0 saturated heterocycles. The molecule has 1 radical (unpaired) electrons. The third kappa shape index (κ3) is 3.41. The van der Waals surface area contributed by atoms with Gasteiger partial charge < -0.3 is 4.74 Å². The first-order valence-electron chi connectivity index (χ1n) is 5.38. The van der Waals surface area contributed by atoms with Gasteiger partial charge in [0.05, 0.1) is 6.61 Å². The van der Waals surface area contributed by atoms with Crippen LogP contribution in [0.2, 0.25) is 0 Å². The fourth-order valence-corrected chi connectivity index (χ4v) is 1.53. The Labute approximate surface area is 87.1 Å². The third-order valence-electron chi connectivity index (χ3n) is 2.28. The van der Waals surface area contributed by atoms with E-state index in [0.717, 1.165) is 12.2 Å². The molecule has 0 aliphatic heterocycles. The molecule has 0 N–H and O–H groups in total. The van der Waals surface area contributed by atoms with E-state index >= 15 is 0 Å². The molecule has 0 unspecified atom stereocenters. The molecular weight excluding hydrogens is 172 g/mol. The van der Waals surface area contributed by atoms with Crippen LogP contribution >= 0.6 is 0 Å². The van der Waals surface area contributed by atoms with Crippen LogP contribution in [0.15, 0.2) is 24.3 Å². The molecule has 0 atom stereocenters. The zero-order chi connectivity index (χ0) is 10.2. The second kappa shape index (κ2) is 6.47. The lowest BCUT2D eigenvalue weighted by Gasteiger charge is -2.09. The lowest BCUT2D eigenvalue weighted by Crippen LogP contribution is -1.96. The highest BCUT2D eigenvalue weighted by molar-refractivity contribution is 5.33. The van der Waals surface area contributed by atoms with Gasteiger partial charge in [0.15, 0.2) is 0 Å². The number of aryl methyl sites for hydroxylation is 1. The summed E-state index contributed by atoms with van der Waals surface area (Å²) in [6.07, 6.45) is 4.91. The van der Waals surface area contributed by atoms with Crippen molar-refractivity contribution >= 4 is 0 Å². The summed E-state index contributed by atoms with van der Waals surface area (Å²) < 4.78 is 5.46. The molecule has 0 aliphatic rings. The molecule has 0 heterocycles. The number of hydrogen-bond acceptors (Lipinski definition) is 1. The van der Waals surface area contributed by atoms with Gasteiger partial charge in [-0.2, -0.15) is 0 Å². The van der Waals surface area contributed by atoms with Crippen molar-refractivity contribution in [2.75, 3.05) is 6.61 Å². The van der Waals surface area contributed by atoms with Crippen molar-refractivity contribution < 1.29 is 4.74 Å². The van der Waals surface area contributed by atoms with Gasteiger partial charge in [-0.1, -0.05) is 38.0 Å². The van der Waals surface area contributed by atoms with E-state index in [1.807, 2.05) is 12.1 Å². The zero-order valence-corrected chi connectivity index (χ0v) is 8.96. The van der Waals surface area contributed by atoms with E-state index in [-0.39, 0.29) is 0 Å². The number of hydrogen-bond donors (Lipinski definition) is 0. The molecule has 1 aromatic carbocycles. The van der Waals surface area contributed by atoms with Crippen molar-refractivity contribution in [1.29, 1.82) is 0 Å². The maximum atomic E-state index is 5.46. The molecule has 0 spiro atoms. The zero-order valence-electron chi connectivity index (χ0n) is 8.96. The summed E-state index contributed by atoms with van der Waals surface area (Å²) in [6.45, 7) is 6.42. The molecule has 0 aliphatic carbocycles. The quantitative estimate of drug-likeness (QED) is 0.624. The monoisotopic (exact) mass is 191 g/mol. The highest BCUT2D eigenvalue weighted by atomic mass is 16.5. The molecule has 0 bridgehead atoms. The lowest BCUT2D eigenvalue weighted by atomic mass is 10.1. The Kier molecular flexibility index (Phi) is 5.13. The lowest BCUT2D eigenvalue weighted by molar-refractivity contribution is 0.356. The van der Waals surface area contributed by atoms with Crippen LogP contribution < -0.4 is 4.74 Å². The Morgan fingerprint density at radius 3 is 2.71 bits per heavy atom. The second-order valence-electron chi connectivity index (χ2n) is 3.41. The van der Waals surface area contributed by atoms with Crippen LogP contribution in [0.3, 0.4) is 0 Å². The van der Waals surface area contributed by atoms with Crippen molar-refractivity contribution in [3.8, 4) is 5.75 Å². The number of rotatable bonds is 6. The molecule has 1 heteroatoms. The summed E-state index contributed by atoms with van der Waals surface area (Å²) in [5.74, 6) is 0.999. The van der Waals surface area contributed by atoms with Crippen LogP contribution in [0.25, 0.3) is 0 Å². The summed E-state index contributed by atoms with van der Waals surface area (Å²) in [4.78, 5) is 0. The summed E-state index contributed by atoms with van der Waals surface area (Å²) >= 11 is 0. The van der Waals surface area contributed by atoms with E-state index in [4.69, 9.17) is 4.74 Å². The van der Waals surface area contributed by atoms with Gasteiger partial charge in [0.2, 0.25) is 0 Å². The summed E-state index contributed by atoms with van der Waals surface area (Å²) in [7, 11) is 0. The van der Waals surface area contributed by atoms with Crippen molar-refractivity contribution in [2.45, 2.75) is 32.6 Å². The minimum absolute atomic E-state index is 0.505. The van der Waals surface area contributed by atoms with Gasteiger partial charge in [0.1, 0.15) is 5.75 Å². The van der Waals surface area contributed by atoms with Gasteiger partial charge in [-0.3, -0.25) is 0 Å². The fourth-order valence-electron chi connectivity index (χ4n) is 1.53. The van der Waals surface area contributed by atoms with E-state index in [2.05, 4.69) is 26.0 Å². The summed E-state index contributed by atoms with van der Waals surface area (Å²) in [6, 6.07) is 8.23. The van der Waals surface area contributed by atoms with E-state index in [1.54, 1.807) is 0 Å². The van der Waals surface area contributed by atoms with E-state index in [0.29, 0.717) is 6.61 Å². The van der Waals surface area contributed by atoms with Crippen LogP contribution in [0.5, 0.6) is 5.75 Å². The van der Waals surface area contributed by atoms with Crippen LogP contribution in [-0.4, -0.2) is 6.61 Å². The predicted molar refractivity (Wildman–Crippen MR) is 60.5 cm³/mol. The molecule has 1 rings (SSSR count). The van der Waals surface area contributed by atoms with Gasteiger partial charge in [-0.15, -0.1) is 0 Å². The molecule has 0 amide bonds. The van der Waals surface area contributed by atoms with Crippen molar-refractivity contribution in [3.05, 3.63) is 36.8 Å². The summed E-state index contributed by atoms with van der Waals surface area (Å²) in [5.41, 5.74) is 1.31. The maximum absolute atomic E-state index is 5.46. The molecule has 1 aromatic rings. The highest BCUT2D eigenvalue weighted by Gasteiger charge is 2.00. The second-order valence-corrected chi connectivity index (χ2v) is 3.41. The SMILES string of the molecule is [CH2]COc1ccccc1CCCCC. The molecule has 0 fully saturated rings. The van der Waals surface area contributed by atoms with E-state index in [9.17, 15) is 0 Å². The van der Waals surface area contributed by atoms with Crippen LogP contribution in [0, 0.1) is 6.92 Å². The summed E-state index contributed by atoms with van der Waals surface area (Å²) in [5, 5.41) is 0. The predicted octanol–water partition coefficient (Wildman–Crippen LogP) is 3.63. The van der Waals surface area contributed by atoms with Gasteiger partial charge in [-0.25, -0.2) is 0 Å². The van der Waals surface area contributed by atoms with Crippen molar-refractivity contribution in [1.82, 2.24) is 0 Å². The van der Waals surface area contributed by atoms with Gasteiger partial charge in [-0.05, 0) is 31.4 Å². The maximum Gasteiger partial charge on any atom is 0.122 e. The topological polar surface area (TPSA) is 9.23 Å². The van der Waals surface area contributed by atoms with E-state index in [1.165, 1.54) is 24.8 Å². The Bertz CT molecular complexity index is 255. The fraction of sp³-hybridized carbons (Fsp3) is 0.462. The van der Waals surface area contributed by atoms with Gasteiger partial charge >= 0.3 is 0 Å². The number of para-hydroxylation sites is 1. The Hall–Kier alpha value is -0.980. The minimum Gasteiger partial charge on any atom is -0.493 e. The smallest absolute Gasteiger partial charge is 0.122 e. The average Bonchev–Trinajstić information content (AvgIpc) is 2.21. The Morgan fingerprint density at radius 1 is 1.21 bits per heavy atom. The average molecular weight is 191 g/mol. The first-order valence-corrected chi connectivity index (χ1v) is 5.38. The first-order chi connectivity index (χ1) is 6.88. The molecule has 0 aromatic heterocycles. The molecular formula is C13H19O. The van der Waals surface area contributed by atoms with Crippen LogP contribution in [0.4, 0.5) is 0 Å². The minimum atomic E-state index is 0.505. The molecule has 0 saturated carbocycles. The largest absolute Gasteiger partial charge is 0.493 e. The van der Waals surface area contributed by atoms with Gasteiger partial charge in [0.25, 0.3) is 0 Å². The molecule has 1 nitrogen and oxygen atoms in total. The Morgan fingerprint density at radius 2 is 2.00 bits per heavy atom. The third-order valence-corrected chi connectivity index (χ3v) is 2.28. The first kappa shape index (κ1) is 11.1. The van der Waals surface area contributed by atoms with Crippen LogP contribution in [0.1, 0.15) is 31.7 Å². The standard InChI is InChI=1S/C13H19O/c1-3-5-6-9-12-10-7-8-11-13(12)14-4-2/h7-8,10-11H,2-6,9H2,1H3. The highest BCUT2D eigenvalue weighted by Crippen LogP contribution is 2.20.